The van der Waals surface area contributed by atoms with Crippen LogP contribution in [0.5, 0.6) is 5.75 Å². The second kappa shape index (κ2) is 6.96. The maximum absolute atomic E-state index is 13.7. The summed E-state index contributed by atoms with van der Waals surface area (Å²) in [4.78, 5) is 50.8. The molecule has 0 aromatic heterocycles. The van der Waals surface area contributed by atoms with Gasteiger partial charge in [-0.3, -0.25) is 19.2 Å². The molecule has 1 aromatic carbocycles. The molecule has 2 N–H and O–H groups in total. The second-order valence-electron chi connectivity index (χ2n) is 8.34. The molecule has 2 fully saturated rings. The Kier molecular flexibility index (Phi) is 4.52. The molecule has 4 aliphatic rings. The maximum Gasteiger partial charge on any atom is 0.309 e. The first-order chi connectivity index (χ1) is 15.1. The summed E-state index contributed by atoms with van der Waals surface area (Å²) in [6, 6.07) is 4.06. The Morgan fingerprint density at radius 2 is 1.94 bits per heavy atom. The van der Waals surface area contributed by atoms with Gasteiger partial charge >= 0.3 is 11.9 Å². The highest BCUT2D eigenvalue weighted by Crippen LogP contribution is 2.51. The molecule has 168 valence electrons. The number of aliphatic hydroxyl groups excluding tert-OH is 1. The fraction of sp³-hybridized carbons (Fsp3) is 0.455. The fourth-order valence-corrected chi connectivity index (χ4v) is 5.01. The average molecular weight is 444 g/mol. The molecule has 32 heavy (non-hydrogen) atoms. The molecule has 0 bridgehead atoms. The second-order valence-corrected chi connectivity index (χ2v) is 8.34. The van der Waals surface area contributed by atoms with Crippen molar-refractivity contribution in [2.24, 2.45) is 0 Å². The van der Waals surface area contributed by atoms with Gasteiger partial charge in [-0.15, -0.1) is 0 Å². The minimum absolute atomic E-state index is 0.0533. The molecular formula is C22H20O10. The van der Waals surface area contributed by atoms with E-state index in [2.05, 4.69) is 0 Å². The van der Waals surface area contributed by atoms with Gasteiger partial charge in [0.05, 0.1) is 29.2 Å². The Morgan fingerprint density at radius 1 is 1.19 bits per heavy atom. The number of ketones is 2. The van der Waals surface area contributed by atoms with E-state index in [0.717, 1.165) is 0 Å². The van der Waals surface area contributed by atoms with Crippen molar-refractivity contribution >= 4 is 23.5 Å². The number of Topliss-reactive ketones (excluding diaryl/α,β-unsaturated/α-hetero) is 2. The van der Waals surface area contributed by atoms with Crippen molar-refractivity contribution in [2.75, 3.05) is 0 Å². The van der Waals surface area contributed by atoms with E-state index in [9.17, 15) is 29.4 Å². The number of ether oxygens (including phenoxy) is 4. The molecule has 6 atom stereocenters. The Bertz CT molecular complexity index is 1100. The topological polar surface area (TPSA) is 146 Å². The van der Waals surface area contributed by atoms with Gasteiger partial charge in [0, 0.05) is 18.9 Å². The molecule has 10 heteroatoms. The number of rotatable bonds is 1. The zero-order valence-corrected chi connectivity index (χ0v) is 17.2. The zero-order valence-electron chi connectivity index (χ0n) is 17.2. The summed E-state index contributed by atoms with van der Waals surface area (Å²) in [5.74, 6) is -5.37. The summed E-state index contributed by atoms with van der Waals surface area (Å²) in [6.07, 6.45) is -5.73. The summed E-state index contributed by atoms with van der Waals surface area (Å²) in [5, 5.41) is 21.6. The van der Waals surface area contributed by atoms with Crippen LogP contribution >= 0.6 is 0 Å². The number of aromatic hydroxyl groups is 1. The molecule has 2 saturated heterocycles. The number of fused-ring (bicyclic) bond motifs is 4. The Hall–Kier alpha value is -3.08. The van der Waals surface area contributed by atoms with Crippen LogP contribution in [0.4, 0.5) is 0 Å². The van der Waals surface area contributed by atoms with Crippen LogP contribution in [0.2, 0.25) is 0 Å². The third kappa shape index (κ3) is 2.76. The Labute approximate surface area is 181 Å². The van der Waals surface area contributed by atoms with Gasteiger partial charge < -0.3 is 29.2 Å². The molecule has 3 heterocycles. The van der Waals surface area contributed by atoms with Crippen LogP contribution in [-0.2, 0) is 28.5 Å². The predicted molar refractivity (Wildman–Crippen MR) is 103 cm³/mol. The first kappa shape index (κ1) is 20.8. The SMILES string of the molecule is CC(=O)O[C@H]1C[C@H](C)O[C@@]2(O[C@H]3CC(=O)O[C@H]3C3=C2C(=O)c2c(O)cccc2C3=O)[C@H]1O. The summed E-state index contributed by atoms with van der Waals surface area (Å²) >= 11 is 0. The van der Waals surface area contributed by atoms with E-state index in [1.54, 1.807) is 6.92 Å². The van der Waals surface area contributed by atoms with E-state index in [-0.39, 0.29) is 35.1 Å². The van der Waals surface area contributed by atoms with Gasteiger partial charge in [0.15, 0.2) is 17.7 Å². The van der Waals surface area contributed by atoms with E-state index < -0.39 is 65.6 Å². The first-order valence-corrected chi connectivity index (χ1v) is 10.2. The van der Waals surface area contributed by atoms with Gasteiger partial charge in [-0.2, -0.15) is 0 Å². The molecule has 1 aliphatic carbocycles. The maximum atomic E-state index is 13.7. The number of phenols is 1. The highest BCUT2D eigenvalue weighted by molar-refractivity contribution is 6.29. The molecular weight excluding hydrogens is 424 g/mol. The average Bonchev–Trinajstić information content (AvgIpc) is 3.08. The summed E-state index contributed by atoms with van der Waals surface area (Å²) < 4.78 is 22.6. The lowest BCUT2D eigenvalue weighted by Crippen LogP contribution is -2.66. The van der Waals surface area contributed by atoms with Gasteiger partial charge in [-0.05, 0) is 13.0 Å². The smallest absolute Gasteiger partial charge is 0.309 e. The summed E-state index contributed by atoms with van der Waals surface area (Å²) in [6.45, 7) is 2.81. The lowest BCUT2D eigenvalue weighted by molar-refractivity contribution is -0.336. The van der Waals surface area contributed by atoms with Crippen LogP contribution in [0.1, 0.15) is 47.4 Å². The standard InChI is InChI=1S/C22H20O10/c1-8-6-13(29-9(2)23)21(28)22(31-8)17-16(20-12(32-22)7-14(25)30-20)18(26)10-4-3-5-11(24)15(10)19(17)27/h3-5,8,12-13,20-21,24,28H,6-7H2,1-2H3/t8-,12-,13-,20+,21-,22-/m0/s1. The van der Waals surface area contributed by atoms with Crippen LogP contribution in [0.15, 0.2) is 29.3 Å². The van der Waals surface area contributed by atoms with Crippen molar-refractivity contribution in [3.8, 4) is 5.75 Å². The number of carbonyl (C=O) groups is 4. The van der Waals surface area contributed by atoms with Gasteiger partial charge in [0.1, 0.15) is 24.1 Å². The predicted octanol–water partition coefficient (Wildman–Crippen LogP) is 0.580. The molecule has 1 aromatic rings. The normalized spacial score (nSPS) is 35.8. The lowest BCUT2D eigenvalue weighted by Gasteiger charge is -2.51. The molecule has 5 rings (SSSR count). The van der Waals surface area contributed by atoms with E-state index in [1.807, 2.05) is 0 Å². The molecule has 0 amide bonds. The minimum Gasteiger partial charge on any atom is -0.507 e. The highest BCUT2D eigenvalue weighted by atomic mass is 16.7. The Morgan fingerprint density at radius 3 is 2.66 bits per heavy atom. The van der Waals surface area contributed by atoms with Gasteiger partial charge in [0.2, 0.25) is 5.79 Å². The van der Waals surface area contributed by atoms with Crippen LogP contribution in [-0.4, -0.2) is 70.0 Å². The summed E-state index contributed by atoms with van der Waals surface area (Å²) in [7, 11) is 0. The van der Waals surface area contributed by atoms with Crippen molar-refractivity contribution < 1.29 is 48.3 Å². The molecule has 0 radical (unpaired) electrons. The largest absolute Gasteiger partial charge is 0.507 e. The number of aliphatic hydroxyl groups is 1. The van der Waals surface area contributed by atoms with Crippen molar-refractivity contribution in [1.29, 1.82) is 0 Å². The van der Waals surface area contributed by atoms with Crippen LogP contribution in [0.3, 0.4) is 0 Å². The van der Waals surface area contributed by atoms with Crippen LogP contribution < -0.4 is 0 Å². The van der Waals surface area contributed by atoms with E-state index in [0.29, 0.717) is 0 Å². The third-order valence-corrected chi connectivity index (χ3v) is 6.18. The van der Waals surface area contributed by atoms with Crippen molar-refractivity contribution in [3.63, 3.8) is 0 Å². The van der Waals surface area contributed by atoms with Gasteiger partial charge in [-0.25, -0.2) is 0 Å². The summed E-state index contributed by atoms with van der Waals surface area (Å²) in [5.41, 5.74) is -0.837. The number of hydrogen-bond donors (Lipinski definition) is 2. The number of hydrogen-bond acceptors (Lipinski definition) is 10. The molecule has 0 saturated carbocycles. The van der Waals surface area contributed by atoms with Crippen molar-refractivity contribution in [2.45, 2.75) is 63.0 Å². The third-order valence-electron chi connectivity index (χ3n) is 6.18. The number of esters is 2. The van der Waals surface area contributed by atoms with Crippen LogP contribution in [0, 0.1) is 0 Å². The number of benzene rings is 1. The van der Waals surface area contributed by atoms with E-state index >= 15 is 0 Å². The highest BCUT2D eigenvalue weighted by Gasteiger charge is 2.65. The first-order valence-electron chi connectivity index (χ1n) is 10.2. The Balaban J connectivity index is 1.75. The molecule has 10 nitrogen and oxygen atoms in total. The van der Waals surface area contributed by atoms with Crippen molar-refractivity contribution in [3.05, 3.63) is 40.5 Å². The molecule has 0 unspecified atom stereocenters. The van der Waals surface area contributed by atoms with Crippen molar-refractivity contribution in [1.82, 2.24) is 0 Å². The van der Waals surface area contributed by atoms with E-state index in [1.165, 1.54) is 25.1 Å². The minimum atomic E-state index is -2.20. The van der Waals surface area contributed by atoms with E-state index in [4.69, 9.17) is 18.9 Å². The van der Waals surface area contributed by atoms with Gasteiger partial charge in [0.25, 0.3) is 0 Å². The number of carbonyl (C=O) groups excluding carboxylic acids is 4. The zero-order chi connectivity index (χ0) is 22.9. The fourth-order valence-electron chi connectivity index (χ4n) is 5.01. The number of phenolic OH excluding ortho intramolecular Hbond substituents is 1. The monoisotopic (exact) mass is 444 g/mol. The van der Waals surface area contributed by atoms with Gasteiger partial charge in [-0.1, -0.05) is 12.1 Å². The van der Waals surface area contributed by atoms with Crippen LogP contribution in [0.25, 0.3) is 0 Å². The molecule has 3 aliphatic heterocycles. The lowest BCUT2D eigenvalue weighted by atomic mass is 9.73. The quantitative estimate of drug-likeness (QED) is 0.590. The molecule has 1 spiro atoms.